The van der Waals surface area contributed by atoms with Gasteiger partial charge in [0.1, 0.15) is 10.8 Å². The van der Waals surface area contributed by atoms with Crippen molar-refractivity contribution in [3.8, 4) is 5.75 Å². The molecule has 1 aromatic rings. The molecule has 126 valence electrons. The first-order valence-corrected chi connectivity index (χ1v) is 8.61. The Kier molecular flexibility index (Phi) is 6.31. The third-order valence-corrected chi connectivity index (χ3v) is 4.89. The maximum Gasteiger partial charge on any atom is 0.303 e. The van der Waals surface area contributed by atoms with Gasteiger partial charge in [-0.2, -0.15) is 0 Å². The number of aliphatic carboxylic acids is 1. The number of unbranched alkanes of at least 4 members (excludes halogenated alkanes) is 1. The van der Waals surface area contributed by atoms with Crippen molar-refractivity contribution in [2.45, 2.75) is 45.4 Å². The van der Waals surface area contributed by atoms with Crippen LogP contribution in [0.2, 0.25) is 10.0 Å². The number of rotatable bonds is 8. The summed E-state index contributed by atoms with van der Waals surface area (Å²) in [6.45, 7) is 2.34. The minimum Gasteiger partial charge on any atom is -0.492 e. The molecule has 6 heteroatoms. The molecule has 1 aliphatic rings. The Morgan fingerprint density at radius 2 is 2.09 bits per heavy atom. The molecule has 0 spiro atoms. The van der Waals surface area contributed by atoms with Crippen LogP contribution in [0.1, 0.15) is 54.9 Å². The first-order valence-electron chi connectivity index (χ1n) is 7.85. The van der Waals surface area contributed by atoms with Crippen LogP contribution in [0.3, 0.4) is 0 Å². The standard InChI is InChI=1S/C17H20Cl2O4/c1-2-3-5-10-8-11-9-12(23-7-4-6-13(20)21)15(18)16(19)14(11)17(10)22/h9-10H,2-8H2,1H3,(H,20,21). The van der Waals surface area contributed by atoms with Gasteiger partial charge in [-0.1, -0.05) is 43.0 Å². The molecule has 0 amide bonds. The van der Waals surface area contributed by atoms with Crippen LogP contribution in [0.25, 0.3) is 0 Å². The maximum atomic E-state index is 12.5. The predicted octanol–water partition coefficient (Wildman–Crippen LogP) is 4.78. The summed E-state index contributed by atoms with van der Waals surface area (Å²) in [6.07, 6.45) is 4.00. The van der Waals surface area contributed by atoms with Crippen LogP contribution in [0, 0.1) is 5.92 Å². The first-order chi connectivity index (χ1) is 11.0. The van der Waals surface area contributed by atoms with Crippen molar-refractivity contribution in [3.63, 3.8) is 0 Å². The molecular formula is C17H20Cl2O4. The van der Waals surface area contributed by atoms with Crippen molar-refractivity contribution >= 4 is 35.0 Å². The summed E-state index contributed by atoms with van der Waals surface area (Å²) in [5, 5.41) is 9.10. The number of halogens is 2. The van der Waals surface area contributed by atoms with E-state index in [9.17, 15) is 9.59 Å². The summed E-state index contributed by atoms with van der Waals surface area (Å²) in [6, 6.07) is 1.77. The number of ketones is 1. The smallest absolute Gasteiger partial charge is 0.303 e. The van der Waals surface area contributed by atoms with Crippen LogP contribution in [-0.4, -0.2) is 23.5 Å². The average Bonchev–Trinajstić information content (AvgIpc) is 2.82. The second-order valence-electron chi connectivity index (χ2n) is 5.79. The summed E-state index contributed by atoms with van der Waals surface area (Å²) in [4.78, 5) is 23.0. The number of ether oxygens (including phenoxy) is 1. The van der Waals surface area contributed by atoms with E-state index >= 15 is 0 Å². The summed E-state index contributed by atoms with van der Waals surface area (Å²) < 4.78 is 5.55. The van der Waals surface area contributed by atoms with Crippen LogP contribution in [0.4, 0.5) is 0 Å². The van der Waals surface area contributed by atoms with Gasteiger partial charge in [-0.05, 0) is 30.9 Å². The van der Waals surface area contributed by atoms with Crippen molar-refractivity contribution in [1.82, 2.24) is 0 Å². The molecule has 1 N–H and O–H groups in total. The predicted molar refractivity (Wildman–Crippen MR) is 89.9 cm³/mol. The number of carbonyl (C=O) groups excluding carboxylic acids is 1. The molecule has 1 aliphatic carbocycles. The topological polar surface area (TPSA) is 63.6 Å². The Labute approximate surface area is 145 Å². The fraction of sp³-hybridized carbons (Fsp3) is 0.529. The Bertz CT molecular complexity index is 613. The van der Waals surface area contributed by atoms with Gasteiger partial charge in [0.2, 0.25) is 0 Å². The second kappa shape index (κ2) is 8.02. The highest BCUT2D eigenvalue weighted by Crippen LogP contribution is 2.43. The molecule has 1 atom stereocenters. The summed E-state index contributed by atoms with van der Waals surface area (Å²) in [7, 11) is 0. The molecule has 0 fully saturated rings. The minimum atomic E-state index is -0.865. The molecule has 2 rings (SSSR count). The fourth-order valence-electron chi connectivity index (χ4n) is 2.84. The Morgan fingerprint density at radius 1 is 1.35 bits per heavy atom. The van der Waals surface area contributed by atoms with Crippen LogP contribution < -0.4 is 4.74 Å². The molecule has 0 saturated heterocycles. The fourth-order valence-corrected chi connectivity index (χ4v) is 3.35. The number of benzene rings is 1. The highest BCUT2D eigenvalue weighted by Gasteiger charge is 2.34. The molecule has 1 aromatic carbocycles. The Morgan fingerprint density at radius 3 is 2.74 bits per heavy atom. The summed E-state index contributed by atoms with van der Waals surface area (Å²) in [5.41, 5.74) is 1.40. The van der Waals surface area contributed by atoms with Gasteiger partial charge >= 0.3 is 5.97 Å². The number of carboxylic acid groups (broad SMARTS) is 1. The van der Waals surface area contributed by atoms with Crippen molar-refractivity contribution < 1.29 is 19.4 Å². The van der Waals surface area contributed by atoms with Crippen molar-refractivity contribution in [2.75, 3.05) is 6.61 Å². The van der Waals surface area contributed by atoms with Gasteiger partial charge in [0, 0.05) is 17.9 Å². The molecule has 4 nitrogen and oxygen atoms in total. The lowest BCUT2D eigenvalue weighted by Gasteiger charge is -2.11. The van der Waals surface area contributed by atoms with E-state index < -0.39 is 5.97 Å². The zero-order valence-corrected chi connectivity index (χ0v) is 14.5. The zero-order chi connectivity index (χ0) is 17.0. The minimum absolute atomic E-state index is 0.0271. The van der Waals surface area contributed by atoms with Crippen LogP contribution in [-0.2, 0) is 11.2 Å². The van der Waals surface area contributed by atoms with E-state index in [1.807, 2.05) is 0 Å². The van der Waals surface area contributed by atoms with E-state index in [0.29, 0.717) is 24.2 Å². The molecular weight excluding hydrogens is 339 g/mol. The molecule has 23 heavy (non-hydrogen) atoms. The average molecular weight is 359 g/mol. The third-order valence-electron chi connectivity index (χ3n) is 4.04. The van der Waals surface area contributed by atoms with Crippen molar-refractivity contribution in [3.05, 3.63) is 27.2 Å². The Balaban J connectivity index is 2.13. The molecule has 0 bridgehead atoms. The normalized spacial score (nSPS) is 16.5. The molecule has 0 radical (unpaired) electrons. The van der Waals surface area contributed by atoms with E-state index in [-0.39, 0.29) is 34.8 Å². The monoisotopic (exact) mass is 358 g/mol. The molecule has 0 heterocycles. The van der Waals surface area contributed by atoms with Gasteiger partial charge in [-0.3, -0.25) is 9.59 Å². The highest BCUT2D eigenvalue weighted by atomic mass is 35.5. The number of hydrogen-bond acceptors (Lipinski definition) is 3. The van der Waals surface area contributed by atoms with E-state index in [2.05, 4.69) is 6.92 Å². The van der Waals surface area contributed by atoms with E-state index in [1.54, 1.807) is 6.07 Å². The van der Waals surface area contributed by atoms with Gasteiger partial charge in [0.25, 0.3) is 0 Å². The number of carbonyl (C=O) groups is 2. The van der Waals surface area contributed by atoms with E-state index in [1.165, 1.54) is 0 Å². The number of Topliss-reactive ketones (excluding diaryl/α,β-unsaturated/α-hetero) is 1. The zero-order valence-electron chi connectivity index (χ0n) is 13.0. The largest absolute Gasteiger partial charge is 0.492 e. The number of carboxylic acids is 1. The molecule has 1 unspecified atom stereocenters. The molecule has 0 aromatic heterocycles. The van der Waals surface area contributed by atoms with Gasteiger partial charge in [0.15, 0.2) is 5.78 Å². The highest BCUT2D eigenvalue weighted by molar-refractivity contribution is 6.45. The van der Waals surface area contributed by atoms with E-state index in [4.69, 9.17) is 33.0 Å². The van der Waals surface area contributed by atoms with Gasteiger partial charge in [0.05, 0.1) is 11.6 Å². The SMILES string of the molecule is CCCCC1Cc2cc(OCCCC(=O)O)c(Cl)c(Cl)c2C1=O. The van der Waals surface area contributed by atoms with E-state index in [0.717, 1.165) is 24.8 Å². The quantitative estimate of drug-likeness (QED) is 0.679. The summed E-state index contributed by atoms with van der Waals surface area (Å²) in [5.74, 6) is -0.403. The second-order valence-corrected chi connectivity index (χ2v) is 6.55. The number of hydrogen-bond donors (Lipinski definition) is 1. The third kappa shape index (κ3) is 4.18. The van der Waals surface area contributed by atoms with Crippen molar-refractivity contribution in [1.29, 1.82) is 0 Å². The van der Waals surface area contributed by atoms with Crippen LogP contribution in [0.15, 0.2) is 6.07 Å². The van der Waals surface area contributed by atoms with Crippen LogP contribution in [0.5, 0.6) is 5.75 Å². The van der Waals surface area contributed by atoms with Crippen LogP contribution >= 0.6 is 23.2 Å². The maximum absolute atomic E-state index is 12.5. The number of fused-ring (bicyclic) bond motifs is 1. The lowest BCUT2D eigenvalue weighted by Crippen LogP contribution is -2.09. The lowest BCUT2D eigenvalue weighted by molar-refractivity contribution is -0.137. The van der Waals surface area contributed by atoms with Gasteiger partial charge in [-0.25, -0.2) is 0 Å². The van der Waals surface area contributed by atoms with Gasteiger partial charge < -0.3 is 9.84 Å². The first kappa shape index (κ1) is 18.1. The molecule has 0 aliphatic heterocycles. The Hall–Kier alpha value is -1.26. The summed E-state index contributed by atoms with van der Waals surface area (Å²) >= 11 is 12.5. The van der Waals surface area contributed by atoms with Gasteiger partial charge in [-0.15, -0.1) is 0 Å². The molecule has 0 saturated carbocycles. The van der Waals surface area contributed by atoms with Crippen molar-refractivity contribution in [2.24, 2.45) is 5.92 Å². The lowest BCUT2D eigenvalue weighted by atomic mass is 9.98.